The van der Waals surface area contributed by atoms with E-state index >= 15 is 0 Å². The highest BCUT2D eigenvalue weighted by Gasteiger charge is 2.16. The van der Waals surface area contributed by atoms with Gasteiger partial charge in [0.25, 0.3) is 0 Å². The topological polar surface area (TPSA) is 95.4 Å². The van der Waals surface area contributed by atoms with Gasteiger partial charge in [0, 0.05) is 26.2 Å². The maximum atomic E-state index is 8.91. The van der Waals surface area contributed by atoms with Crippen molar-refractivity contribution in [3.63, 3.8) is 0 Å². The molecule has 0 atom stereocenters. The predicted octanol–water partition coefficient (Wildman–Crippen LogP) is 0.324. The molecule has 118 valence electrons. The second-order valence-corrected chi connectivity index (χ2v) is 4.81. The van der Waals surface area contributed by atoms with Crippen molar-refractivity contribution >= 4 is 17.8 Å². The average molecular weight is 296 g/mol. The Morgan fingerprint density at radius 1 is 1.10 bits per heavy atom. The van der Waals surface area contributed by atoms with Crippen LogP contribution in [0.15, 0.2) is 0 Å². The first kappa shape index (κ1) is 15.7. The van der Waals surface area contributed by atoms with Crippen molar-refractivity contribution in [3.8, 4) is 0 Å². The SMILES string of the molecule is CCCCNc1nc(NCCO)nc(N2CCOCC2)n1. The van der Waals surface area contributed by atoms with E-state index in [0.717, 1.165) is 32.5 Å². The number of aliphatic hydroxyl groups is 1. The van der Waals surface area contributed by atoms with E-state index in [-0.39, 0.29) is 6.61 Å². The van der Waals surface area contributed by atoms with Crippen molar-refractivity contribution < 1.29 is 9.84 Å². The molecule has 1 aromatic rings. The van der Waals surface area contributed by atoms with E-state index in [4.69, 9.17) is 9.84 Å². The number of morpholine rings is 1. The molecule has 0 saturated carbocycles. The summed E-state index contributed by atoms with van der Waals surface area (Å²) in [7, 11) is 0. The van der Waals surface area contributed by atoms with E-state index in [0.29, 0.717) is 37.6 Å². The zero-order valence-corrected chi connectivity index (χ0v) is 12.5. The summed E-state index contributed by atoms with van der Waals surface area (Å²) in [6, 6.07) is 0. The van der Waals surface area contributed by atoms with Gasteiger partial charge in [-0.2, -0.15) is 15.0 Å². The van der Waals surface area contributed by atoms with Crippen molar-refractivity contribution in [3.05, 3.63) is 0 Å². The van der Waals surface area contributed by atoms with E-state index in [2.05, 4.69) is 37.4 Å². The van der Waals surface area contributed by atoms with Gasteiger partial charge < -0.3 is 25.4 Å². The molecule has 1 aliphatic rings. The van der Waals surface area contributed by atoms with Crippen LogP contribution in [0.4, 0.5) is 17.8 Å². The number of anilines is 3. The van der Waals surface area contributed by atoms with Gasteiger partial charge in [-0.3, -0.25) is 0 Å². The van der Waals surface area contributed by atoms with E-state index in [1.165, 1.54) is 0 Å². The summed E-state index contributed by atoms with van der Waals surface area (Å²) in [4.78, 5) is 15.3. The fourth-order valence-corrected chi connectivity index (χ4v) is 1.97. The molecule has 1 saturated heterocycles. The number of aromatic nitrogens is 3. The third-order valence-electron chi connectivity index (χ3n) is 3.13. The normalized spacial score (nSPS) is 15.0. The van der Waals surface area contributed by atoms with Gasteiger partial charge in [-0.1, -0.05) is 13.3 Å². The maximum absolute atomic E-state index is 8.91. The minimum absolute atomic E-state index is 0.0389. The Hall–Kier alpha value is -1.67. The smallest absolute Gasteiger partial charge is 0.232 e. The number of hydrogen-bond acceptors (Lipinski definition) is 8. The Morgan fingerprint density at radius 2 is 1.76 bits per heavy atom. The van der Waals surface area contributed by atoms with E-state index in [9.17, 15) is 0 Å². The molecule has 0 unspecified atom stereocenters. The Morgan fingerprint density at radius 3 is 2.38 bits per heavy atom. The van der Waals surface area contributed by atoms with Crippen LogP contribution in [0.25, 0.3) is 0 Å². The summed E-state index contributed by atoms with van der Waals surface area (Å²) in [5.41, 5.74) is 0. The van der Waals surface area contributed by atoms with Crippen molar-refractivity contribution in [2.24, 2.45) is 0 Å². The van der Waals surface area contributed by atoms with Gasteiger partial charge in [-0.25, -0.2) is 0 Å². The van der Waals surface area contributed by atoms with Crippen molar-refractivity contribution in [2.45, 2.75) is 19.8 Å². The van der Waals surface area contributed by atoms with Crippen LogP contribution in [0.1, 0.15) is 19.8 Å². The summed E-state index contributed by atoms with van der Waals surface area (Å²) in [6.45, 7) is 6.35. The highest BCUT2D eigenvalue weighted by atomic mass is 16.5. The maximum Gasteiger partial charge on any atom is 0.232 e. The van der Waals surface area contributed by atoms with E-state index < -0.39 is 0 Å². The van der Waals surface area contributed by atoms with Gasteiger partial charge in [0.05, 0.1) is 19.8 Å². The van der Waals surface area contributed by atoms with Crippen LogP contribution in [0.3, 0.4) is 0 Å². The first-order valence-corrected chi connectivity index (χ1v) is 7.51. The molecule has 2 heterocycles. The largest absolute Gasteiger partial charge is 0.395 e. The summed E-state index contributed by atoms with van der Waals surface area (Å²) >= 11 is 0. The lowest BCUT2D eigenvalue weighted by molar-refractivity contribution is 0.122. The standard InChI is InChI=1S/C13H24N6O2/c1-2-3-4-14-11-16-12(15-5-8-20)18-13(17-11)19-6-9-21-10-7-19/h20H,2-10H2,1H3,(H2,14,15,16,17,18). The van der Waals surface area contributed by atoms with Gasteiger partial charge in [0.1, 0.15) is 0 Å². The summed E-state index contributed by atoms with van der Waals surface area (Å²) in [5.74, 6) is 1.70. The molecule has 8 nitrogen and oxygen atoms in total. The third-order valence-corrected chi connectivity index (χ3v) is 3.13. The minimum Gasteiger partial charge on any atom is -0.395 e. The first-order chi connectivity index (χ1) is 10.3. The van der Waals surface area contributed by atoms with Crippen LogP contribution in [-0.2, 0) is 4.74 Å². The van der Waals surface area contributed by atoms with Gasteiger partial charge in [-0.05, 0) is 6.42 Å². The highest BCUT2D eigenvalue weighted by Crippen LogP contribution is 2.15. The molecule has 2 rings (SSSR count). The molecule has 0 spiro atoms. The van der Waals surface area contributed by atoms with Crippen LogP contribution in [-0.4, -0.2) is 66.1 Å². The molecule has 0 bridgehead atoms. The minimum atomic E-state index is 0.0389. The second-order valence-electron chi connectivity index (χ2n) is 4.81. The molecule has 8 heteroatoms. The number of nitrogens with zero attached hydrogens (tertiary/aromatic N) is 4. The molecule has 1 fully saturated rings. The Balaban J connectivity index is 2.10. The van der Waals surface area contributed by atoms with Crippen molar-refractivity contribution in [1.82, 2.24) is 15.0 Å². The van der Waals surface area contributed by atoms with Crippen LogP contribution >= 0.6 is 0 Å². The molecule has 0 radical (unpaired) electrons. The van der Waals surface area contributed by atoms with Gasteiger partial charge in [0.2, 0.25) is 17.8 Å². The van der Waals surface area contributed by atoms with Crippen LogP contribution in [0, 0.1) is 0 Å². The zero-order chi connectivity index (χ0) is 14.9. The Labute approximate surface area is 125 Å². The molecule has 1 aromatic heterocycles. The fourth-order valence-electron chi connectivity index (χ4n) is 1.97. The Kier molecular flexibility index (Phi) is 6.42. The molecular weight excluding hydrogens is 272 g/mol. The lowest BCUT2D eigenvalue weighted by Gasteiger charge is -2.27. The fraction of sp³-hybridized carbons (Fsp3) is 0.769. The van der Waals surface area contributed by atoms with Crippen LogP contribution in [0.5, 0.6) is 0 Å². The molecule has 1 aliphatic heterocycles. The second kappa shape index (κ2) is 8.58. The monoisotopic (exact) mass is 296 g/mol. The lowest BCUT2D eigenvalue weighted by atomic mass is 10.3. The van der Waals surface area contributed by atoms with Gasteiger partial charge >= 0.3 is 0 Å². The molecular formula is C13H24N6O2. The van der Waals surface area contributed by atoms with E-state index in [1.54, 1.807) is 0 Å². The van der Waals surface area contributed by atoms with Crippen molar-refractivity contribution in [1.29, 1.82) is 0 Å². The zero-order valence-electron chi connectivity index (χ0n) is 12.5. The number of nitrogens with one attached hydrogen (secondary N) is 2. The molecule has 0 amide bonds. The third kappa shape index (κ3) is 4.98. The molecule has 3 N–H and O–H groups in total. The predicted molar refractivity (Wildman–Crippen MR) is 81.8 cm³/mol. The molecule has 21 heavy (non-hydrogen) atoms. The number of aliphatic hydroxyl groups excluding tert-OH is 1. The van der Waals surface area contributed by atoms with E-state index in [1.807, 2.05) is 0 Å². The van der Waals surface area contributed by atoms with Crippen LogP contribution in [0.2, 0.25) is 0 Å². The first-order valence-electron chi connectivity index (χ1n) is 7.51. The van der Waals surface area contributed by atoms with Gasteiger partial charge in [-0.15, -0.1) is 0 Å². The lowest BCUT2D eigenvalue weighted by Crippen LogP contribution is -2.37. The van der Waals surface area contributed by atoms with Crippen molar-refractivity contribution in [2.75, 3.05) is 61.5 Å². The number of rotatable bonds is 8. The van der Waals surface area contributed by atoms with Crippen LogP contribution < -0.4 is 15.5 Å². The quantitative estimate of drug-likeness (QED) is 0.591. The molecule has 0 aliphatic carbocycles. The number of unbranched alkanes of at least 4 members (excludes halogenated alkanes) is 1. The number of hydrogen-bond donors (Lipinski definition) is 3. The van der Waals surface area contributed by atoms with Gasteiger partial charge in [0.15, 0.2) is 0 Å². The highest BCUT2D eigenvalue weighted by molar-refractivity contribution is 5.44. The Bertz CT molecular complexity index is 425. The summed E-state index contributed by atoms with van der Waals surface area (Å²) < 4.78 is 5.35. The number of ether oxygens (including phenoxy) is 1. The molecule has 0 aromatic carbocycles. The summed E-state index contributed by atoms with van der Waals surface area (Å²) in [5, 5.41) is 15.1. The summed E-state index contributed by atoms with van der Waals surface area (Å²) in [6.07, 6.45) is 2.18. The average Bonchev–Trinajstić information content (AvgIpc) is 2.54.